The highest BCUT2D eigenvalue weighted by atomic mass is 32.2. The first-order valence-corrected chi connectivity index (χ1v) is 11.0. The molecule has 0 radical (unpaired) electrons. The number of aromatic nitrogens is 3. The lowest BCUT2D eigenvalue weighted by Gasteiger charge is -2.11. The average molecular weight is 383 g/mol. The predicted molar refractivity (Wildman–Crippen MR) is 101 cm³/mol. The van der Waals surface area contributed by atoms with Gasteiger partial charge in [-0.15, -0.1) is 0 Å². The van der Waals surface area contributed by atoms with Gasteiger partial charge in [-0.1, -0.05) is 30.0 Å². The molecule has 0 aliphatic heterocycles. The Hall–Kier alpha value is -2.25. The van der Waals surface area contributed by atoms with Crippen molar-refractivity contribution in [1.29, 1.82) is 0 Å². The third-order valence-corrected chi connectivity index (χ3v) is 6.64. The van der Waals surface area contributed by atoms with Crippen LogP contribution in [0.1, 0.15) is 17.7 Å². The molecule has 1 aliphatic carbocycles. The number of rotatable bonds is 4. The Kier molecular flexibility index (Phi) is 4.50. The molecule has 0 spiro atoms. The van der Waals surface area contributed by atoms with Crippen molar-refractivity contribution in [3.8, 4) is 11.5 Å². The molecule has 1 aromatic carbocycles. The van der Waals surface area contributed by atoms with E-state index in [1.54, 1.807) is 18.3 Å². The van der Waals surface area contributed by atoms with E-state index in [9.17, 15) is 8.42 Å². The van der Waals surface area contributed by atoms with Gasteiger partial charge >= 0.3 is 0 Å². The Balaban J connectivity index is 1.82. The first kappa shape index (κ1) is 17.2. The van der Waals surface area contributed by atoms with Gasteiger partial charge in [-0.05, 0) is 43.5 Å². The van der Waals surface area contributed by atoms with E-state index in [4.69, 9.17) is 9.97 Å². The fourth-order valence-corrected chi connectivity index (χ4v) is 5.37. The molecule has 0 fully saturated rings. The van der Waals surface area contributed by atoms with Crippen molar-refractivity contribution in [2.45, 2.75) is 34.1 Å². The molecule has 0 amide bonds. The molecular formula is C19H17N3O2S2. The summed E-state index contributed by atoms with van der Waals surface area (Å²) in [4.78, 5) is 14.8. The molecule has 132 valence electrons. The van der Waals surface area contributed by atoms with Crippen LogP contribution in [-0.2, 0) is 22.7 Å². The highest BCUT2D eigenvalue weighted by molar-refractivity contribution is 8.00. The minimum Gasteiger partial charge on any atom is -0.253 e. The first-order chi connectivity index (χ1) is 12.5. The van der Waals surface area contributed by atoms with Crippen molar-refractivity contribution in [1.82, 2.24) is 15.0 Å². The van der Waals surface area contributed by atoms with Gasteiger partial charge in [0.25, 0.3) is 0 Å². The van der Waals surface area contributed by atoms with Crippen LogP contribution in [0, 0.1) is 0 Å². The van der Waals surface area contributed by atoms with Crippen LogP contribution in [0.15, 0.2) is 63.5 Å². The average Bonchev–Trinajstić information content (AvgIpc) is 3.11. The van der Waals surface area contributed by atoms with E-state index in [2.05, 4.69) is 4.98 Å². The second-order valence-corrected chi connectivity index (χ2v) is 9.18. The quantitative estimate of drug-likeness (QED) is 0.641. The van der Waals surface area contributed by atoms with Gasteiger partial charge in [0.2, 0.25) is 0 Å². The fraction of sp³-hybridized carbons (Fsp3) is 0.211. The lowest BCUT2D eigenvalue weighted by molar-refractivity contribution is 0.600. The molecule has 4 rings (SSSR count). The van der Waals surface area contributed by atoms with Crippen LogP contribution >= 0.6 is 11.8 Å². The van der Waals surface area contributed by atoms with Crippen LogP contribution in [0.4, 0.5) is 0 Å². The molecule has 3 aromatic rings. The van der Waals surface area contributed by atoms with Crippen LogP contribution in [0.2, 0.25) is 0 Å². The minimum atomic E-state index is -3.31. The van der Waals surface area contributed by atoms with Crippen LogP contribution in [0.5, 0.6) is 0 Å². The predicted octanol–water partition coefficient (Wildman–Crippen LogP) is 3.58. The van der Waals surface area contributed by atoms with Gasteiger partial charge in [0.05, 0.1) is 4.90 Å². The normalized spacial score (nSPS) is 13.6. The number of benzene rings is 1. The maximum absolute atomic E-state index is 12.1. The van der Waals surface area contributed by atoms with Crippen LogP contribution in [0.3, 0.4) is 0 Å². The van der Waals surface area contributed by atoms with Gasteiger partial charge in [-0.2, -0.15) is 0 Å². The van der Waals surface area contributed by atoms with Gasteiger partial charge in [0.15, 0.2) is 15.7 Å². The molecule has 0 bridgehead atoms. The van der Waals surface area contributed by atoms with E-state index in [0.29, 0.717) is 15.6 Å². The standard InChI is InChI=1S/C19H17N3O2S2/c1-26(23,24)17-11-3-2-10-16(17)25-19-13-7-6-9-14(13)21-18(22-19)15-8-4-5-12-20-15/h2-5,8,10-12H,6-7,9H2,1H3. The van der Waals surface area contributed by atoms with Crippen molar-refractivity contribution in [3.05, 3.63) is 59.9 Å². The third-order valence-electron chi connectivity index (χ3n) is 4.24. The van der Waals surface area contributed by atoms with Crippen LogP contribution in [0.25, 0.3) is 11.5 Å². The fourth-order valence-electron chi connectivity index (χ4n) is 3.04. The molecule has 2 heterocycles. The number of sulfone groups is 1. The zero-order valence-electron chi connectivity index (χ0n) is 14.2. The number of aryl methyl sites for hydroxylation is 1. The molecular weight excluding hydrogens is 366 g/mol. The van der Waals surface area contributed by atoms with Gasteiger partial charge in [0.1, 0.15) is 10.7 Å². The lowest BCUT2D eigenvalue weighted by Crippen LogP contribution is -2.02. The number of hydrogen-bond donors (Lipinski definition) is 0. The maximum Gasteiger partial charge on any atom is 0.179 e. The van der Waals surface area contributed by atoms with E-state index in [-0.39, 0.29) is 0 Å². The summed E-state index contributed by atoms with van der Waals surface area (Å²) in [6.07, 6.45) is 5.82. The van der Waals surface area contributed by atoms with E-state index in [1.165, 1.54) is 18.0 Å². The summed E-state index contributed by atoms with van der Waals surface area (Å²) in [6.45, 7) is 0. The number of nitrogens with zero attached hydrogens (tertiary/aromatic N) is 3. The summed E-state index contributed by atoms with van der Waals surface area (Å²) in [5.41, 5.74) is 2.89. The monoisotopic (exact) mass is 383 g/mol. The Morgan fingerprint density at radius 1 is 1.00 bits per heavy atom. The minimum absolute atomic E-state index is 0.328. The third kappa shape index (κ3) is 3.37. The Labute approximate surface area is 156 Å². The van der Waals surface area contributed by atoms with Crippen LogP contribution < -0.4 is 0 Å². The Morgan fingerprint density at radius 2 is 1.81 bits per heavy atom. The zero-order valence-corrected chi connectivity index (χ0v) is 15.8. The molecule has 5 nitrogen and oxygen atoms in total. The van der Waals surface area contributed by atoms with Gasteiger partial charge < -0.3 is 0 Å². The number of hydrogen-bond acceptors (Lipinski definition) is 6. The molecule has 2 aromatic heterocycles. The van der Waals surface area contributed by atoms with Crippen molar-refractivity contribution in [2.24, 2.45) is 0 Å². The highest BCUT2D eigenvalue weighted by Crippen LogP contribution is 2.37. The molecule has 0 unspecified atom stereocenters. The SMILES string of the molecule is CS(=O)(=O)c1ccccc1Sc1nc(-c2ccccn2)nc2c1CCC2. The van der Waals surface area contributed by atoms with Gasteiger partial charge in [-0.3, -0.25) is 4.98 Å². The van der Waals surface area contributed by atoms with Crippen LogP contribution in [-0.4, -0.2) is 29.6 Å². The summed E-state index contributed by atoms with van der Waals surface area (Å²) < 4.78 is 24.2. The van der Waals surface area contributed by atoms with Gasteiger partial charge in [-0.25, -0.2) is 18.4 Å². The Morgan fingerprint density at radius 3 is 2.58 bits per heavy atom. The maximum atomic E-state index is 12.1. The Bertz CT molecular complexity index is 1070. The molecule has 0 saturated heterocycles. The lowest BCUT2D eigenvalue weighted by atomic mass is 10.2. The van der Waals surface area contributed by atoms with Crippen molar-refractivity contribution in [2.75, 3.05) is 6.26 Å². The molecule has 0 N–H and O–H groups in total. The number of fused-ring (bicyclic) bond motifs is 1. The van der Waals surface area contributed by atoms with E-state index >= 15 is 0 Å². The van der Waals surface area contributed by atoms with Crippen molar-refractivity contribution < 1.29 is 8.42 Å². The van der Waals surface area contributed by atoms with E-state index in [1.807, 2.05) is 30.3 Å². The molecule has 0 saturated carbocycles. The summed E-state index contributed by atoms with van der Waals surface area (Å²) in [7, 11) is -3.31. The molecule has 1 aliphatic rings. The summed E-state index contributed by atoms with van der Waals surface area (Å²) in [5.74, 6) is 0.589. The molecule has 26 heavy (non-hydrogen) atoms. The van der Waals surface area contributed by atoms with E-state index < -0.39 is 9.84 Å². The second-order valence-electron chi connectivity index (χ2n) is 6.17. The molecule has 0 atom stereocenters. The number of pyridine rings is 1. The molecule has 7 heteroatoms. The summed E-state index contributed by atoms with van der Waals surface area (Å²) >= 11 is 1.40. The topological polar surface area (TPSA) is 72.8 Å². The van der Waals surface area contributed by atoms with E-state index in [0.717, 1.165) is 41.2 Å². The summed E-state index contributed by atoms with van der Waals surface area (Å²) in [5, 5.41) is 0.823. The van der Waals surface area contributed by atoms with Crippen molar-refractivity contribution >= 4 is 21.6 Å². The largest absolute Gasteiger partial charge is 0.253 e. The zero-order chi connectivity index (χ0) is 18.1. The van der Waals surface area contributed by atoms with Gasteiger partial charge in [0, 0.05) is 28.6 Å². The first-order valence-electron chi connectivity index (χ1n) is 8.30. The highest BCUT2D eigenvalue weighted by Gasteiger charge is 2.22. The second kappa shape index (κ2) is 6.81. The van der Waals surface area contributed by atoms with Crippen molar-refractivity contribution in [3.63, 3.8) is 0 Å². The smallest absolute Gasteiger partial charge is 0.179 e. The summed E-state index contributed by atoms with van der Waals surface area (Å²) in [6, 6.07) is 12.7.